The van der Waals surface area contributed by atoms with Crippen molar-refractivity contribution >= 4 is 23.4 Å². The SMILES string of the molecule is CC(C)(C)OC(=O)N1CCN(c2ccc(Nc3ncnc(-c4ccc(O[C@H]5CCOC[C@H]5F)c(C#N)c4)n3)cc2F)CC1.CC(C)(C)[O-].[K+]. The Labute approximate surface area is 328 Å². The van der Waals surface area contributed by atoms with Gasteiger partial charge in [-0.25, -0.2) is 23.5 Å². The first-order valence-corrected chi connectivity index (χ1v) is 15.7. The molecule has 2 aliphatic rings. The topological polar surface area (TPSA) is 149 Å². The maximum absolute atomic E-state index is 15.2. The van der Waals surface area contributed by atoms with Crippen molar-refractivity contribution in [2.75, 3.05) is 49.6 Å². The van der Waals surface area contributed by atoms with Crippen LogP contribution < -0.4 is 71.4 Å². The third-order valence-corrected chi connectivity index (χ3v) is 6.91. The maximum Gasteiger partial charge on any atom is 1.00 e. The van der Waals surface area contributed by atoms with Gasteiger partial charge in [-0.1, -0.05) is 20.8 Å². The fourth-order valence-electron chi connectivity index (χ4n) is 4.76. The minimum Gasteiger partial charge on any atom is -0.850 e. The average molecular weight is 706 g/mol. The number of carbonyl (C=O) groups is 1. The Bertz CT molecular complexity index is 1600. The number of alkyl halides is 1. The molecule has 2 aromatic carbocycles. The molecule has 258 valence electrons. The molecule has 0 spiro atoms. The van der Waals surface area contributed by atoms with E-state index in [9.17, 15) is 19.6 Å². The van der Waals surface area contributed by atoms with Crippen molar-refractivity contribution in [2.24, 2.45) is 0 Å². The fourth-order valence-corrected chi connectivity index (χ4v) is 4.76. The molecule has 2 atom stereocenters. The van der Waals surface area contributed by atoms with Crippen LogP contribution in [0.15, 0.2) is 42.7 Å². The summed E-state index contributed by atoms with van der Waals surface area (Å²) < 4.78 is 45.6. The fraction of sp³-hybridized carbons (Fsp3) is 0.500. The van der Waals surface area contributed by atoms with Crippen LogP contribution in [-0.2, 0) is 9.47 Å². The first-order chi connectivity index (χ1) is 22.6. The van der Waals surface area contributed by atoms with Gasteiger partial charge >= 0.3 is 57.5 Å². The zero-order valence-electron chi connectivity index (χ0n) is 29.1. The van der Waals surface area contributed by atoms with E-state index >= 15 is 4.39 Å². The van der Waals surface area contributed by atoms with Gasteiger partial charge in [0.05, 0.1) is 24.5 Å². The molecule has 2 aliphatic heterocycles. The monoisotopic (exact) mass is 705 g/mol. The van der Waals surface area contributed by atoms with Crippen molar-refractivity contribution in [1.82, 2.24) is 19.9 Å². The number of ether oxygens (including phenoxy) is 3. The summed E-state index contributed by atoms with van der Waals surface area (Å²) in [6.45, 7) is 12.5. The van der Waals surface area contributed by atoms with Gasteiger partial charge in [-0.05, 0) is 57.2 Å². The number of rotatable bonds is 6. The molecule has 49 heavy (non-hydrogen) atoms. The Balaban J connectivity index is 0.00000101. The van der Waals surface area contributed by atoms with Gasteiger partial charge in [-0.3, -0.25) is 0 Å². The molecule has 15 heteroatoms. The standard InChI is InChI=1S/C30H33F2N7O4.C4H9O.K/c1-30(2,3)43-29(40)39-11-9-38(10-12-39)24-6-5-21(15-22(24)31)36-28-35-18-34-27(37-28)19-4-7-25(20(14-19)16-33)42-26-8-13-41-17-23(26)32;1-4(2,3)5;/h4-7,14-15,18,23,26H,8-13,17H2,1-3H3,(H,34,35,36,37);1-3H3;/q;-1;+1/t23-,26+;;/m1../s1. The van der Waals surface area contributed by atoms with Gasteiger partial charge in [0.25, 0.3) is 0 Å². The van der Waals surface area contributed by atoms with Crippen LogP contribution in [0.5, 0.6) is 5.75 Å². The number of aromatic nitrogens is 3. The van der Waals surface area contributed by atoms with E-state index in [-0.39, 0.29) is 87.2 Å². The molecule has 0 bridgehead atoms. The van der Waals surface area contributed by atoms with Gasteiger partial charge < -0.3 is 34.4 Å². The Morgan fingerprint density at radius 1 is 1.08 bits per heavy atom. The van der Waals surface area contributed by atoms with E-state index in [2.05, 4.69) is 26.3 Å². The van der Waals surface area contributed by atoms with Crippen molar-refractivity contribution in [2.45, 2.75) is 71.4 Å². The van der Waals surface area contributed by atoms with Crippen LogP contribution in [0.4, 0.5) is 30.9 Å². The predicted octanol–water partition coefficient (Wildman–Crippen LogP) is 2.01. The summed E-state index contributed by atoms with van der Waals surface area (Å²) in [6.07, 6.45) is -0.630. The van der Waals surface area contributed by atoms with Crippen molar-refractivity contribution in [1.29, 1.82) is 5.26 Å². The molecule has 1 aromatic heterocycles. The molecule has 0 aliphatic carbocycles. The number of amides is 1. The molecule has 3 aromatic rings. The van der Waals surface area contributed by atoms with E-state index in [0.717, 1.165) is 0 Å². The van der Waals surface area contributed by atoms with E-state index in [4.69, 9.17) is 14.2 Å². The second kappa shape index (κ2) is 17.8. The second-order valence-electron chi connectivity index (χ2n) is 13.3. The molecule has 2 fully saturated rings. The number of nitriles is 1. The van der Waals surface area contributed by atoms with Crippen LogP contribution in [0.25, 0.3) is 11.4 Å². The smallest absolute Gasteiger partial charge is 0.850 e. The Morgan fingerprint density at radius 2 is 1.78 bits per heavy atom. The molecule has 5 rings (SSSR count). The molecule has 12 nitrogen and oxygen atoms in total. The molecule has 0 unspecified atom stereocenters. The van der Waals surface area contributed by atoms with E-state index in [1.165, 1.54) is 12.4 Å². The summed E-state index contributed by atoms with van der Waals surface area (Å²) in [6, 6.07) is 11.7. The van der Waals surface area contributed by atoms with E-state index in [0.29, 0.717) is 56.1 Å². The number of benzene rings is 2. The first-order valence-electron chi connectivity index (χ1n) is 15.7. The largest absolute Gasteiger partial charge is 1.00 e. The molecular weight excluding hydrogens is 664 g/mol. The number of hydrogen-bond acceptors (Lipinski definition) is 11. The van der Waals surface area contributed by atoms with E-state index < -0.39 is 29.3 Å². The van der Waals surface area contributed by atoms with Gasteiger partial charge in [0, 0.05) is 43.9 Å². The molecule has 1 N–H and O–H groups in total. The average Bonchev–Trinajstić information content (AvgIpc) is 3.01. The van der Waals surface area contributed by atoms with Crippen molar-refractivity contribution in [3.05, 3.63) is 54.1 Å². The van der Waals surface area contributed by atoms with E-state index in [1.807, 2.05) is 25.7 Å². The molecule has 0 saturated carbocycles. The zero-order valence-corrected chi connectivity index (χ0v) is 32.2. The Morgan fingerprint density at radius 3 is 2.39 bits per heavy atom. The number of carbonyl (C=O) groups excluding carboxylic acids is 1. The Hall–Kier alpha value is -2.97. The number of halogens is 2. The van der Waals surface area contributed by atoms with Crippen LogP contribution in [0.1, 0.15) is 53.5 Å². The summed E-state index contributed by atoms with van der Waals surface area (Å²) in [5, 5.41) is 22.8. The zero-order chi connectivity index (χ0) is 35.1. The van der Waals surface area contributed by atoms with E-state index in [1.54, 1.807) is 56.0 Å². The minimum absolute atomic E-state index is 0. The van der Waals surface area contributed by atoms with Crippen LogP contribution in [0.3, 0.4) is 0 Å². The minimum atomic E-state index is -1.27. The van der Waals surface area contributed by atoms with Gasteiger partial charge in [0.1, 0.15) is 35.7 Å². The first kappa shape index (κ1) is 40.5. The van der Waals surface area contributed by atoms with Crippen LogP contribution in [0.2, 0.25) is 0 Å². The number of anilines is 3. The Kier molecular flexibility index (Phi) is 14.7. The normalized spacial score (nSPS) is 17.9. The van der Waals surface area contributed by atoms with Gasteiger partial charge in [0.15, 0.2) is 12.0 Å². The third-order valence-electron chi connectivity index (χ3n) is 6.91. The van der Waals surface area contributed by atoms with Crippen LogP contribution >= 0.6 is 0 Å². The number of nitrogens with one attached hydrogen (secondary N) is 1. The second-order valence-corrected chi connectivity index (χ2v) is 13.3. The van der Waals surface area contributed by atoms with Crippen molar-refractivity contribution in [3.8, 4) is 23.2 Å². The number of piperazine rings is 1. The third kappa shape index (κ3) is 12.7. The number of hydrogen-bond donors (Lipinski definition) is 1. The predicted molar refractivity (Wildman–Crippen MR) is 174 cm³/mol. The molecule has 1 amide bonds. The summed E-state index contributed by atoms with van der Waals surface area (Å²) in [4.78, 5) is 28.6. The van der Waals surface area contributed by atoms with Crippen LogP contribution in [-0.4, -0.2) is 88.8 Å². The summed E-state index contributed by atoms with van der Waals surface area (Å²) >= 11 is 0. The molecule has 3 heterocycles. The summed E-state index contributed by atoms with van der Waals surface area (Å²) in [5.41, 5.74) is 0.288. The molecular formula is C34H42F2KN7O5. The summed E-state index contributed by atoms with van der Waals surface area (Å²) in [5.74, 6) is 0.314. The number of nitrogens with zero attached hydrogens (tertiary/aromatic N) is 6. The van der Waals surface area contributed by atoms with Gasteiger partial charge in [-0.15, -0.1) is 5.60 Å². The van der Waals surface area contributed by atoms with Crippen molar-refractivity contribution < 1.29 is 84.3 Å². The summed E-state index contributed by atoms with van der Waals surface area (Å²) in [7, 11) is 0. The van der Waals surface area contributed by atoms with Crippen LogP contribution in [0, 0.1) is 17.1 Å². The van der Waals surface area contributed by atoms with Gasteiger partial charge in [0.2, 0.25) is 5.95 Å². The molecule has 2 saturated heterocycles. The quantitative estimate of drug-likeness (QED) is 0.376. The van der Waals surface area contributed by atoms with Gasteiger partial charge in [-0.2, -0.15) is 10.2 Å². The maximum atomic E-state index is 15.2. The molecule has 0 radical (unpaired) electrons. The van der Waals surface area contributed by atoms with Crippen molar-refractivity contribution in [3.63, 3.8) is 0 Å².